The summed E-state index contributed by atoms with van der Waals surface area (Å²) in [5.74, 6) is 0.0124. The number of hydrogen-bond acceptors (Lipinski definition) is 3. The first-order valence-electron chi connectivity index (χ1n) is 11.4. The zero-order valence-electron chi connectivity index (χ0n) is 19.0. The second kappa shape index (κ2) is 9.59. The molecule has 3 aromatic carbocycles. The molecule has 5 heteroatoms. The summed E-state index contributed by atoms with van der Waals surface area (Å²) in [7, 11) is 2.15. The van der Waals surface area contributed by atoms with Crippen molar-refractivity contribution in [2.45, 2.75) is 18.3 Å². The molecule has 2 N–H and O–H groups in total. The van der Waals surface area contributed by atoms with Gasteiger partial charge in [-0.25, -0.2) is 0 Å². The normalized spacial score (nSPS) is 20.3. The Morgan fingerprint density at radius 1 is 0.909 bits per heavy atom. The molecule has 1 aliphatic heterocycles. The number of ether oxygens (including phenoxy) is 1. The van der Waals surface area contributed by atoms with E-state index in [0.29, 0.717) is 23.2 Å². The number of likely N-dealkylation sites (tertiary alicyclic amines) is 1. The van der Waals surface area contributed by atoms with Crippen molar-refractivity contribution in [2.24, 2.45) is 11.7 Å². The molecule has 0 aliphatic carbocycles. The van der Waals surface area contributed by atoms with Gasteiger partial charge in [0.25, 0.3) is 0 Å². The third kappa shape index (κ3) is 4.69. The van der Waals surface area contributed by atoms with Crippen molar-refractivity contribution in [3.05, 3.63) is 102 Å². The highest BCUT2D eigenvalue weighted by atomic mass is 16.5. The molecule has 1 saturated heterocycles. The third-order valence-corrected chi connectivity index (χ3v) is 6.97. The second-order valence-corrected chi connectivity index (χ2v) is 9.18. The number of esters is 1. The third-order valence-electron chi connectivity index (χ3n) is 6.97. The number of rotatable bonds is 8. The number of para-hydroxylation sites is 1. The molecule has 33 heavy (non-hydrogen) atoms. The molecule has 2 atom stereocenters. The summed E-state index contributed by atoms with van der Waals surface area (Å²) in [6.45, 7) is 2.28. The Morgan fingerprint density at radius 2 is 1.42 bits per heavy atom. The number of carbonyl (C=O) groups is 2. The standard InChI is InChI=1S/C28H30N2O3/c1-30(20-18-26(31)33-25-15-9-4-10-16-25)19-17-24(21-30)28(27(29)32,22-11-5-2-6-12-22)23-13-7-3-8-14-23/h2-16,24H,17-21H2,1H3,(H-,29,32)/p+1. The number of benzene rings is 3. The number of nitrogens with two attached hydrogens (primary N) is 1. The Balaban J connectivity index is 1.56. The van der Waals surface area contributed by atoms with E-state index >= 15 is 0 Å². The average Bonchev–Trinajstić information content (AvgIpc) is 3.22. The molecule has 4 rings (SSSR count). The van der Waals surface area contributed by atoms with E-state index in [0.717, 1.165) is 30.6 Å². The molecule has 0 radical (unpaired) electrons. The van der Waals surface area contributed by atoms with Crippen molar-refractivity contribution in [3.63, 3.8) is 0 Å². The summed E-state index contributed by atoms with van der Waals surface area (Å²) in [5.41, 5.74) is 7.12. The van der Waals surface area contributed by atoms with Crippen LogP contribution < -0.4 is 10.5 Å². The first kappa shape index (κ1) is 22.7. The number of primary amides is 1. The van der Waals surface area contributed by atoms with Crippen LogP contribution in [-0.4, -0.2) is 43.0 Å². The van der Waals surface area contributed by atoms with Gasteiger partial charge >= 0.3 is 5.97 Å². The molecule has 0 saturated carbocycles. The molecule has 1 heterocycles. The average molecular weight is 444 g/mol. The highest BCUT2D eigenvalue weighted by molar-refractivity contribution is 5.91. The predicted octanol–water partition coefficient (Wildman–Crippen LogP) is 3.92. The molecular weight excluding hydrogens is 412 g/mol. The van der Waals surface area contributed by atoms with Crippen molar-refractivity contribution in [1.29, 1.82) is 0 Å². The SMILES string of the molecule is C[N+]1(CCC(=O)Oc2ccccc2)CCC(C(C(N)=O)(c2ccccc2)c2ccccc2)C1. The molecule has 0 aromatic heterocycles. The summed E-state index contributed by atoms with van der Waals surface area (Å²) in [6.07, 6.45) is 1.16. The molecular formula is C28H31N2O3+. The fraction of sp³-hybridized carbons (Fsp3) is 0.286. The lowest BCUT2D eigenvalue weighted by Crippen LogP contribution is -2.51. The van der Waals surface area contributed by atoms with Gasteiger partial charge in [-0.2, -0.15) is 0 Å². The molecule has 1 amide bonds. The minimum absolute atomic E-state index is 0.0231. The van der Waals surface area contributed by atoms with Gasteiger partial charge in [0, 0.05) is 12.3 Å². The van der Waals surface area contributed by atoms with Crippen molar-refractivity contribution in [1.82, 2.24) is 0 Å². The highest BCUT2D eigenvalue weighted by Crippen LogP contribution is 2.45. The molecule has 0 spiro atoms. The van der Waals surface area contributed by atoms with Gasteiger partial charge < -0.3 is 15.0 Å². The Kier molecular flexibility index (Phi) is 6.61. The van der Waals surface area contributed by atoms with E-state index in [1.54, 1.807) is 12.1 Å². The van der Waals surface area contributed by atoms with Crippen molar-refractivity contribution < 1.29 is 18.8 Å². The van der Waals surface area contributed by atoms with Gasteiger partial charge in [0.2, 0.25) is 5.91 Å². The highest BCUT2D eigenvalue weighted by Gasteiger charge is 2.53. The molecule has 5 nitrogen and oxygen atoms in total. The van der Waals surface area contributed by atoms with Crippen LogP contribution >= 0.6 is 0 Å². The fourth-order valence-electron chi connectivity index (χ4n) is 5.30. The van der Waals surface area contributed by atoms with Crippen LogP contribution in [0.3, 0.4) is 0 Å². The van der Waals surface area contributed by atoms with E-state index in [1.807, 2.05) is 78.9 Å². The maximum Gasteiger partial charge on any atom is 0.316 e. The van der Waals surface area contributed by atoms with Crippen LogP contribution in [0.2, 0.25) is 0 Å². The maximum atomic E-state index is 13.2. The summed E-state index contributed by atoms with van der Waals surface area (Å²) >= 11 is 0. The second-order valence-electron chi connectivity index (χ2n) is 9.18. The van der Waals surface area contributed by atoms with Gasteiger partial charge in [-0.1, -0.05) is 78.9 Å². The number of amides is 1. The van der Waals surface area contributed by atoms with Gasteiger partial charge in [-0.05, 0) is 23.3 Å². The molecule has 3 aromatic rings. The fourth-order valence-corrected chi connectivity index (χ4v) is 5.30. The lowest BCUT2D eigenvalue weighted by molar-refractivity contribution is -0.898. The van der Waals surface area contributed by atoms with Crippen molar-refractivity contribution >= 4 is 11.9 Å². The van der Waals surface area contributed by atoms with Crippen LogP contribution in [0.4, 0.5) is 0 Å². The van der Waals surface area contributed by atoms with Crippen LogP contribution in [0, 0.1) is 5.92 Å². The lowest BCUT2D eigenvalue weighted by Gasteiger charge is -2.38. The van der Waals surface area contributed by atoms with Gasteiger partial charge in [-0.3, -0.25) is 9.59 Å². The van der Waals surface area contributed by atoms with Crippen LogP contribution in [-0.2, 0) is 15.0 Å². The van der Waals surface area contributed by atoms with E-state index in [9.17, 15) is 9.59 Å². The zero-order valence-corrected chi connectivity index (χ0v) is 19.0. The topological polar surface area (TPSA) is 69.4 Å². The van der Waals surface area contributed by atoms with Gasteiger partial charge in [0.15, 0.2) is 0 Å². The molecule has 1 aliphatic rings. The first-order chi connectivity index (χ1) is 15.9. The molecule has 170 valence electrons. The van der Waals surface area contributed by atoms with Crippen molar-refractivity contribution in [3.8, 4) is 5.75 Å². The summed E-state index contributed by atoms with van der Waals surface area (Å²) in [4.78, 5) is 25.7. The summed E-state index contributed by atoms with van der Waals surface area (Å²) < 4.78 is 6.16. The van der Waals surface area contributed by atoms with E-state index in [-0.39, 0.29) is 17.8 Å². The monoisotopic (exact) mass is 443 g/mol. The molecule has 0 bridgehead atoms. The van der Waals surface area contributed by atoms with Crippen LogP contribution in [0.15, 0.2) is 91.0 Å². The Morgan fingerprint density at radius 3 is 1.94 bits per heavy atom. The Labute approximate surface area is 195 Å². The van der Waals surface area contributed by atoms with E-state index < -0.39 is 5.41 Å². The molecule has 1 fully saturated rings. The minimum atomic E-state index is -0.914. The van der Waals surface area contributed by atoms with Crippen molar-refractivity contribution in [2.75, 3.05) is 26.7 Å². The largest absolute Gasteiger partial charge is 0.426 e. The Bertz CT molecular complexity index is 1050. The maximum absolute atomic E-state index is 13.2. The first-order valence-corrected chi connectivity index (χ1v) is 11.4. The Hall–Kier alpha value is -3.44. The van der Waals surface area contributed by atoms with Gasteiger partial charge in [-0.15, -0.1) is 0 Å². The number of hydrogen-bond donors (Lipinski definition) is 1. The van der Waals surface area contributed by atoms with Gasteiger partial charge in [0.05, 0.1) is 33.1 Å². The zero-order chi connectivity index (χ0) is 23.3. The number of carbonyl (C=O) groups excluding carboxylic acids is 2. The van der Waals surface area contributed by atoms with Crippen LogP contribution in [0.1, 0.15) is 24.0 Å². The van der Waals surface area contributed by atoms with Gasteiger partial charge in [0.1, 0.15) is 11.2 Å². The van der Waals surface area contributed by atoms with Crippen LogP contribution in [0.5, 0.6) is 5.75 Å². The number of nitrogens with zero attached hydrogens (tertiary/aromatic N) is 1. The smallest absolute Gasteiger partial charge is 0.316 e. The summed E-state index contributed by atoms with van der Waals surface area (Å²) in [6, 6.07) is 28.9. The number of quaternary nitrogens is 1. The van der Waals surface area contributed by atoms with E-state index in [2.05, 4.69) is 7.05 Å². The van der Waals surface area contributed by atoms with Crippen LogP contribution in [0.25, 0.3) is 0 Å². The van der Waals surface area contributed by atoms with E-state index in [4.69, 9.17) is 10.5 Å². The quantitative estimate of drug-likeness (QED) is 0.326. The minimum Gasteiger partial charge on any atom is -0.426 e. The molecule has 2 unspecified atom stereocenters. The predicted molar refractivity (Wildman–Crippen MR) is 128 cm³/mol. The van der Waals surface area contributed by atoms with E-state index in [1.165, 1.54) is 0 Å². The summed E-state index contributed by atoms with van der Waals surface area (Å²) in [5, 5.41) is 0. The lowest BCUT2D eigenvalue weighted by atomic mass is 9.64.